The van der Waals surface area contributed by atoms with Crippen molar-refractivity contribution in [2.75, 3.05) is 31.6 Å². The minimum atomic E-state index is -3.81. The maximum atomic E-state index is 12.0. The van der Waals surface area contributed by atoms with Gasteiger partial charge in [-0.15, -0.1) is 0 Å². The highest BCUT2D eigenvalue weighted by molar-refractivity contribution is 7.89. The summed E-state index contributed by atoms with van der Waals surface area (Å²) in [7, 11) is -2.02. The van der Waals surface area contributed by atoms with Gasteiger partial charge in [-0.3, -0.25) is 4.79 Å². The third kappa shape index (κ3) is 3.89. The van der Waals surface area contributed by atoms with Crippen molar-refractivity contribution in [3.63, 3.8) is 0 Å². The summed E-state index contributed by atoms with van der Waals surface area (Å²) in [5.41, 5.74) is 2.48. The molecule has 3 aromatic rings. The lowest BCUT2D eigenvalue weighted by Crippen LogP contribution is -2.30. The number of hydrogen-bond donors (Lipinski definition) is 1. The lowest BCUT2D eigenvalue weighted by Gasteiger charge is -2.22. The van der Waals surface area contributed by atoms with E-state index in [9.17, 15) is 13.2 Å². The zero-order chi connectivity index (χ0) is 20.6. The van der Waals surface area contributed by atoms with E-state index in [1.54, 1.807) is 30.1 Å². The van der Waals surface area contributed by atoms with Crippen LogP contribution in [-0.4, -0.2) is 60.9 Å². The molecule has 0 bridgehead atoms. The fourth-order valence-corrected chi connectivity index (χ4v) is 3.85. The molecule has 0 saturated carbocycles. The first-order valence-corrected chi connectivity index (χ1v) is 10.6. The number of pyridine rings is 1. The molecule has 0 unspecified atom stereocenters. The minimum Gasteiger partial charge on any atom is -0.352 e. The van der Waals surface area contributed by atoms with Crippen LogP contribution in [0, 0.1) is 0 Å². The molecule has 1 saturated heterocycles. The van der Waals surface area contributed by atoms with Crippen molar-refractivity contribution >= 4 is 32.8 Å². The van der Waals surface area contributed by atoms with Crippen LogP contribution in [0.1, 0.15) is 6.42 Å². The van der Waals surface area contributed by atoms with E-state index in [2.05, 4.69) is 9.97 Å². The first-order chi connectivity index (χ1) is 13.8. The van der Waals surface area contributed by atoms with E-state index in [0.29, 0.717) is 54.2 Å². The molecule has 9 nitrogen and oxygen atoms in total. The van der Waals surface area contributed by atoms with Gasteiger partial charge in [-0.25, -0.2) is 28.5 Å². The van der Waals surface area contributed by atoms with Crippen LogP contribution in [0.15, 0.2) is 47.6 Å². The molecular weight excluding hydrogens is 392 g/mol. The van der Waals surface area contributed by atoms with Crippen LogP contribution in [-0.2, 0) is 14.8 Å². The monoisotopic (exact) mass is 412 g/mol. The molecule has 0 spiro atoms. The number of hydrogen-bond acceptors (Lipinski definition) is 7. The van der Waals surface area contributed by atoms with E-state index in [1.165, 1.54) is 18.5 Å². The minimum absolute atomic E-state index is 0.0236. The summed E-state index contributed by atoms with van der Waals surface area (Å²) in [5.74, 6) is 0.752. The van der Waals surface area contributed by atoms with E-state index >= 15 is 0 Å². The quantitative estimate of drug-likeness (QED) is 0.681. The molecule has 4 rings (SSSR count). The molecule has 1 fully saturated rings. The molecule has 29 heavy (non-hydrogen) atoms. The average Bonchev–Trinajstić information content (AvgIpc) is 2.88. The predicted molar refractivity (Wildman–Crippen MR) is 109 cm³/mol. The van der Waals surface area contributed by atoms with Gasteiger partial charge in [0, 0.05) is 38.7 Å². The average molecular weight is 412 g/mol. The fraction of sp³-hybridized carbons (Fsp3) is 0.263. The predicted octanol–water partition coefficient (Wildman–Crippen LogP) is 1.01. The number of rotatable bonds is 3. The number of aromatic nitrogens is 3. The van der Waals surface area contributed by atoms with Crippen molar-refractivity contribution in [3.05, 3.63) is 42.7 Å². The molecule has 2 aromatic heterocycles. The first kappa shape index (κ1) is 19.2. The first-order valence-electron chi connectivity index (χ1n) is 9.07. The van der Waals surface area contributed by atoms with Gasteiger partial charge in [0.15, 0.2) is 5.82 Å². The standard InChI is InChI=1S/C19H20N6O3S/c1-24-9-10-25(8-7-17(24)26)19-18-16(21-12-22-19)6-5-15(23-18)13-3-2-4-14(11-13)29(20,27)28/h2-6,11-12H,7-10H2,1H3,(H2,20,27,28). The van der Waals surface area contributed by atoms with E-state index in [0.717, 1.165) is 0 Å². The second-order valence-electron chi connectivity index (χ2n) is 6.89. The van der Waals surface area contributed by atoms with Crippen molar-refractivity contribution in [3.8, 4) is 11.3 Å². The summed E-state index contributed by atoms with van der Waals surface area (Å²) in [6.45, 7) is 1.78. The van der Waals surface area contributed by atoms with Crippen LogP contribution in [0.5, 0.6) is 0 Å². The number of likely N-dealkylation sites (N-methyl/N-ethyl adjacent to an activating group) is 1. The van der Waals surface area contributed by atoms with Crippen LogP contribution < -0.4 is 10.0 Å². The Morgan fingerprint density at radius 2 is 1.90 bits per heavy atom. The number of carbonyl (C=O) groups excluding carboxylic acids is 1. The van der Waals surface area contributed by atoms with Crippen LogP contribution >= 0.6 is 0 Å². The topological polar surface area (TPSA) is 122 Å². The largest absolute Gasteiger partial charge is 0.352 e. The van der Waals surface area contributed by atoms with Gasteiger partial charge in [-0.05, 0) is 24.3 Å². The van der Waals surface area contributed by atoms with Crippen LogP contribution in [0.4, 0.5) is 5.82 Å². The summed E-state index contributed by atoms with van der Waals surface area (Å²) in [5, 5.41) is 5.25. The van der Waals surface area contributed by atoms with Crippen molar-refractivity contribution < 1.29 is 13.2 Å². The third-order valence-electron chi connectivity index (χ3n) is 4.95. The van der Waals surface area contributed by atoms with E-state index in [-0.39, 0.29) is 10.8 Å². The van der Waals surface area contributed by atoms with E-state index in [1.807, 2.05) is 11.0 Å². The number of amides is 1. The highest BCUT2D eigenvalue weighted by Crippen LogP contribution is 2.27. The van der Waals surface area contributed by atoms with Gasteiger partial charge < -0.3 is 9.80 Å². The summed E-state index contributed by atoms with van der Waals surface area (Å²) in [6, 6.07) is 9.93. The third-order valence-corrected chi connectivity index (χ3v) is 5.86. The Labute approximate surface area is 168 Å². The molecule has 2 N–H and O–H groups in total. The molecule has 0 radical (unpaired) electrons. The zero-order valence-corrected chi connectivity index (χ0v) is 16.6. The highest BCUT2D eigenvalue weighted by atomic mass is 32.2. The normalized spacial score (nSPS) is 15.6. The summed E-state index contributed by atoms with van der Waals surface area (Å²) >= 11 is 0. The Morgan fingerprint density at radius 3 is 2.69 bits per heavy atom. The molecule has 1 aromatic carbocycles. The van der Waals surface area contributed by atoms with Gasteiger partial charge >= 0.3 is 0 Å². The maximum Gasteiger partial charge on any atom is 0.238 e. The number of benzene rings is 1. The Hall–Kier alpha value is -3.11. The Morgan fingerprint density at radius 1 is 1.07 bits per heavy atom. The van der Waals surface area contributed by atoms with Crippen LogP contribution in [0.3, 0.4) is 0 Å². The van der Waals surface area contributed by atoms with Gasteiger partial charge in [0.2, 0.25) is 15.9 Å². The maximum absolute atomic E-state index is 12.0. The van der Waals surface area contributed by atoms with Gasteiger partial charge in [-0.2, -0.15) is 0 Å². The smallest absolute Gasteiger partial charge is 0.238 e. The van der Waals surface area contributed by atoms with Crippen molar-refractivity contribution in [2.24, 2.45) is 5.14 Å². The molecule has 0 atom stereocenters. The number of nitrogens with two attached hydrogens (primary N) is 1. The second-order valence-corrected chi connectivity index (χ2v) is 8.45. The number of nitrogens with zero attached hydrogens (tertiary/aromatic N) is 5. The van der Waals surface area contributed by atoms with Gasteiger partial charge in [-0.1, -0.05) is 12.1 Å². The van der Waals surface area contributed by atoms with Crippen molar-refractivity contribution in [1.29, 1.82) is 0 Å². The van der Waals surface area contributed by atoms with Gasteiger partial charge in [0.1, 0.15) is 11.8 Å². The molecule has 150 valence electrons. The number of sulfonamides is 1. The lowest BCUT2D eigenvalue weighted by molar-refractivity contribution is -0.129. The summed E-state index contributed by atoms with van der Waals surface area (Å²) in [6.07, 6.45) is 1.88. The Kier molecular flexibility index (Phi) is 4.89. The summed E-state index contributed by atoms with van der Waals surface area (Å²) in [4.78, 5) is 29.2. The number of primary sulfonamides is 1. The van der Waals surface area contributed by atoms with Crippen LogP contribution in [0.2, 0.25) is 0 Å². The van der Waals surface area contributed by atoms with E-state index < -0.39 is 10.0 Å². The Bertz CT molecular complexity index is 1200. The molecule has 0 aliphatic carbocycles. The van der Waals surface area contributed by atoms with E-state index in [4.69, 9.17) is 10.1 Å². The SMILES string of the molecule is CN1CCN(c2ncnc3ccc(-c4cccc(S(N)(=O)=O)c4)nc23)CCC1=O. The van der Waals surface area contributed by atoms with Crippen molar-refractivity contribution in [2.45, 2.75) is 11.3 Å². The van der Waals surface area contributed by atoms with Crippen molar-refractivity contribution in [1.82, 2.24) is 19.9 Å². The highest BCUT2D eigenvalue weighted by Gasteiger charge is 2.21. The van der Waals surface area contributed by atoms with Crippen LogP contribution in [0.25, 0.3) is 22.3 Å². The fourth-order valence-electron chi connectivity index (χ4n) is 3.29. The number of anilines is 1. The van der Waals surface area contributed by atoms with Gasteiger partial charge in [0.25, 0.3) is 0 Å². The number of carbonyl (C=O) groups is 1. The number of fused-ring (bicyclic) bond motifs is 1. The lowest BCUT2D eigenvalue weighted by atomic mass is 10.1. The van der Waals surface area contributed by atoms with Gasteiger partial charge in [0.05, 0.1) is 16.1 Å². The molecule has 3 heterocycles. The molecular formula is C19H20N6O3S. The second kappa shape index (κ2) is 7.37. The molecule has 1 aliphatic rings. The molecule has 1 amide bonds. The Balaban J connectivity index is 1.78. The molecule has 10 heteroatoms. The summed E-state index contributed by atoms with van der Waals surface area (Å²) < 4.78 is 23.3. The zero-order valence-electron chi connectivity index (χ0n) is 15.8. The molecule has 1 aliphatic heterocycles.